The molecular formula is C22H16Cl2N2O2. The lowest BCUT2D eigenvalue weighted by Crippen LogP contribution is -2.27. The fourth-order valence-corrected chi connectivity index (χ4v) is 3.79. The van der Waals surface area contributed by atoms with E-state index in [9.17, 15) is 9.90 Å². The highest BCUT2D eigenvalue weighted by Crippen LogP contribution is 2.38. The van der Waals surface area contributed by atoms with Gasteiger partial charge in [0.25, 0.3) is 5.91 Å². The average Bonchev–Trinajstić information content (AvgIpc) is 3.14. The van der Waals surface area contributed by atoms with E-state index in [1.807, 2.05) is 36.4 Å². The molecule has 3 aromatic carbocycles. The summed E-state index contributed by atoms with van der Waals surface area (Å²) in [5.74, 6) is -0.161. The number of hydrogen-bond acceptors (Lipinski definition) is 3. The Hall–Kier alpha value is -2.82. The Morgan fingerprint density at radius 2 is 1.71 bits per heavy atom. The normalized spacial score (nSPS) is 16.1. The fraction of sp³-hybridized carbons (Fsp3) is 0.0909. The molecule has 0 radical (unpaired) electrons. The molecule has 4 rings (SSSR count). The van der Waals surface area contributed by atoms with E-state index in [0.717, 1.165) is 16.8 Å². The van der Waals surface area contributed by atoms with Gasteiger partial charge in [-0.15, -0.1) is 0 Å². The van der Waals surface area contributed by atoms with Crippen molar-refractivity contribution in [2.75, 3.05) is 0 Å². The summed E-state index contributed by atoms with van der Waals surface area (Å²) < 4.78 is 0. The fourth-order valence-electron chi connectivity index (χ4n) is 3.25. The zero-order valence-electron chi connectivity index (χ0n) is 14.7. The summed E-state index contributed by atoms with van der Waals surface area (Å²) in [7, 11) is 0. The molecule has 1 unspecified atom stereocenters. The number of hydrazone groups is 1. The molecule has 0 spiro atoms. The van der Waals surface area contributed by atoms with Crippen molar-refractivity contribution in [2.45, 2.75) is 12.5 Å². The summed E-state index contributed by atoms with van der Waals surface area (Å²) in [5.41, 5.74) is 2.99. The first-order valence-corrected chi connectivity index (χ1v) is 9.49. The van der Waals surface area contributed by atoms with Crippen molar-refractivity contribution in [2.24, 2.45) is 5.10 Å². The van der Waals surface area contributed by atoms with Crippen molar-refractivity contribution in [3.05, 3.63) is 99.5 Å². The van der Waals surface area contributed by atoms with E-state index < -0.39 is 0 Å². The Morgan fingerprint density at radius 1 is 1.00 bits per heavy atom. The van der Waals surface area contributed by atoms with E-state index in [4.69, 9.17) is 23.2 Å². The topological polar surface area (TPSA) is 52.9 Å². The molecular weight excluding hydrogens is 395 g/mol. The lowest BCUT2D eigenvalue weighted by molar-refractivity contribution is 0.0711. The van der Waals surface area contributed by atoms with E-state index in [-0.39, 0.29) is 17.7 Å². The van der Waals surface area contributed by atoms with Crippen LogP contribution in [0.2, 0.25) is 10.0 Å². The first kappa shape index (κ1) is 18.5. The molecule has 0 fully saturated rings. The van der Waals surface area contributed by atoms with Crippen molar-refractivity contribution in [1.29, 1.82) is 0 Å². The third kappa shape index (κ3) is 3.61. The predicted molar refractivity (Wildman–Crippen MR) is 111 cm³/mol. The standard InChI is InChI=1S/C22H16Cl2N2O2/c23-16-8-11-18(19(24)12-16)21-13-20(14-4-2-1-3-5-14)25-26(21)22(28)15-6-9-17(27)10-7-15/h1-12,21,27H,13H2. The molecule has 0 saturated carbocycles. The number of rotatable bonds is 3. The summed E-state index contributed by atoms with van der Waals surface area (Å²) in [6, 6.07) is 20.8. The second kappa shape index (κ2) is 7.66. The molecule has 0 aliphatic carbocycles. The van der Waals surface area contributed by atoms with Gasteiger partial charge in [-0.2, -0.15) is 5.10 Å². The minimum Gasteiger partial charge on any atom is -0.508 e. The van der Waals surface area contributed by atoms with Crippen molar-refractivity contribution in [3.63, 3.8) is 0 Å². The van der Waals surface area contributed by atoms with Gasteiger partial charge in [-0.1, -0.05) is 59.6 Å². The van der Waals surface area contributed by atoms with Gasteiger partial charge in [-0.3, -0.25) is 4.79 Å². The maximum absolute atomic E-state index is 13.2. The smallest absolute Gasteiger partial charge is 0.274 e. The van der Waals surface area contributed by atoms with Gasteiger partial charge in [0, 0.05) is 22.0 Å². The molecule has 1 amide bonds. The molecule has 0 bridgehead atoms. The lowest BCUT2D eigenvalue weighted by atomic mass is 9.98. The molecule has 1 N–H and O–H groups in total. The maximum Gasteiger partial charge on any atom is 0.274 e. The van der Waals surface area contributed by atoms with E-state index in [0.29, 0.717) is 22.0 Å². The van der Waals surface area contributed by atoms with Crippen molar-refractivity contribution in [3.8, 4) is 5.75 Å². The van der Waals surface area contributed by atoms with Crippen molar-refractivity contribution in [1.82, 2.24) is 5.01 Å². The number of carbonyl (C=O) groups excluding carboxylic acids is 1. The molecule has 1 aliphatic heterocycles. The van der Waals surface area contributed by atoms with Gasteiger partial charge in [-0.25, -0.2) is 5.01 Å². The Labute approximate surface area is 172 Å². The van der Waals surface area contributed by atoms with Gasteiger partial charge < -0.3 is 5.11 Å². The van der Waals surface area contributed by atoms with Gasteiger partial charge in [-0.05, 0) is 47.5 Å². The number of benzene rings is 3. The minimum absolute atomic E-state index is 0.101. The number of nitrogens with zero attached hydrogens (tertiary/aromatic N) is 2. The van der Waals surface area contributed by atoms with Crippen LogP contribution in [0, 0.1) is 0 Å². The quantitative estimate of drug-likeness (QED) is 0.602. The summed E-state index contributed by atoms with van der Waals surface area (Å²) >= 11 is 12.5. The van der Waals surface area contributed by atoms with Gasteiger partial charge in [0.2, 0.25) is 0 Å². The van der Waals surface area contributed by atoms with Crippen LogP contribution in [0.25, 0.3) is 0 Å². The first-order chi connectivity index (χ1) is 13.5. The maximum atomic E-state index is 13.2. The summed E-state index contributed by atoms with van der Waals surface area (Å²) in [5, 5.41) is 16.6. The second-order valence-electron chi connectivity index (χ2n) is 6.50. The van der Waals surface area contributed by atoms with Crippen LogP contribution in [-0.4, -0.2) is 21.7 Å². The van der Waals surface area contributed by atoms with E-state index >= 15 is 0 Å². The van der Waals surface area contributed by atoms with Crippen LogP contribution >= 0.6 is 23.2 Å². The monoisotopic (exact) mass is 410 g/mol. The number of halogens is 2. The summed E-state index contributed by atoms with van der Waals surface area (Å²) in [4.78, 5) is 13.2. The summed E-state index contributed by atoms with van der Waals surface area (Å²) in [6.45, 7) is 0. The molecule has 1 aliphatic rings. The molecule has 0 aromatic heterocycles. The van der Waals surface area contributed by atoms with Crippen LogP contribution in [0.1, 0.15) is 33.9 Å². The predicted octanol–water partition coefficient (Wildman–Crippen LogP) is 5.69. The number of phenolic OH excluding ortho intramolecular Hbond substituents is 1. The molecule has 1 heterocycles. The number of carbonyl (C=O) groups is 1. The number of hydrogen-bond donors (Lipinski definition) is 1. The van der Waals surface area contributed by atoms with Crippen LogP contribution in [0.5, 0.6) is 5.75 Å². The number of phenols is 1. The zero-order valence-corrected chi connectivity index (χ0v) is 16.2. The van der Waals surface area contributed by atoms with Gasteiger partial charge in [0.05, 0.1) is 11.8 Å². The van der Waals surface area contributed by atoms with Crippen LogP contribution in [-0.2, 0) is 0 Å². The van der Waals surface area contributed by atoms with E-state index in [2.05, 4.69) is 5.10 Å². The van der Waals surface area contributed by atoms with Crippen molar-refractivity contribution < 1.29 is 9.90 Å². The van der Waals surface area contributed by atoms with Gasteiger partial charge >= 0.3 is 0 Å². The Balaban J connectivity index is 1.76. The molecule has 3 aromatic rings. The third-order valence-corrected chi connectivity index (χ3v) is 5.22. The first-order valence-electron chi connectivity index (χ1n) is 8.73. The molecule has 4 nitrogen and oxygen atoms in total. The van der Waals surface area contributed by atoms with Crippen LogP contribution in [0.4, 0.5) is 0 Å². The average molecular weight is 411 g/mol. The number of amides is 1. The van der Waals surface area contributed by atoms with Crippen molar-refractivity contribution >= 4 is 34.8 Å². The molecule has 0 saturated heterocycles. The van der Waals surface area contributed by atoms with Gasteiger partial charge in [0.15, 0.2) is 0 Å². The minimum atomic E-state index is -0.346. The second-order valence-corrected chi connectivity index (χ2v) is 7.34. The molecule has 140 valence electrons. The Kier molecular flexibility index (Phi) is 5.07. The molecule has 28 heavy (non-hydrogen) atoms. The zero-order chi connectivity index (χ0) is 19.7. The Bertz CT molecular complexity index is 1050. The third-order valence-electron chi connectivity index (χ3n) is 4.66. The highest BCUT2D eigenvalue weighted by Gasteiger charge is 2.34. The van der Waals surface area contributed by atoms with Crippen LogP contribution in [0.15, 0.2) is 77.9 Å². The molecule has 1 atom stereocenters. The van der Waals surface area contributed by atoms with Crippen LogP contribution < -0.4 is 0 Å². The lowest BCUT2D eigenvalue weighted by Gasteiger charge is -2.23. The van der Waals surface area contributed by atoms with Gasteiger partial charge in [0.1, 0.15) is 5.75 Å². The Morgan fingerprint density at radius 3 is 2.39 bits per heavy atom. The number of aromatic hydroxyl groups is 1. The van der Waals surface area contributed by atoms with Crippen LogP contribution in [0.3, 0.4) is 0 Å². The molecule has 6 heteroatoms. The largest absolute Gasteiger partial charge is 0.508 e. The van der Waals surface area contributed by atoms with E-state index in [1.54, 1.807) is 24.3 Å². The highest BCUT2D eigenvalue weighted by molar-refractivity contribution is 6.35. The SMILES string of the molecule is O=C(c1ccc(O)cc1)N1N=C(c2ccccc2)CC1c1ccc(Cl)cc1Cl. The highest BCUT2D eigenvalue weighted by atomic mass is 35.5. The van der Waals surface area contributed by atoms with E-state index in [1.165, 1.54) is 17.1 Å². The summed E-state index contributed by atoms with van der Waals surface area (Å²) in [6.07, 6.45) is 0.537.